The first-order valence-corrected chi connectivity index (χ1v) is 7.61. The number of morpholine rings is 1. The van der Waals surface area contributed by atoms with Crippen LogP contribution < -0.4 is 0 Å². The van der Waals surface area contributed by atoms with Crippen LogP contribution in [-0.2, 0) is 14.8 Å². The van der Waals surface area contributed by atoms with Gasteiger partial charge in [0, 0.05) is 6.54 Å². The average molecular weight is 302 g/mol. The van der Waals surface area contributed by atoms with E-state index >= 15 is 0 Å². The summed E-state index contributed by atoms with van der Waals surface area (Å²) in [6, 6.07) is 3.11. The fourth-order valence-electron chi connectivity index (χ4n) is 1.72. The van der Waals surface area contributed by atoms with Crippen molar-refractivity contribution < 1.29 is 23.1 Å². The summed E-state index contributed by atoms with van der Waals surface area (Å²) in [6.07, 6.45) is -0.824. The number of nitriles is 1. The van der Waals surface area contributed by atoms with E-state index in [-0.39, 0.29) is 29.5 Å². The Kier molecular flexibility index (Phi) is 3.86. The monoisotopic (exact) mass is 302 g/mol. The van der Waals surface area contributed by atoms with E-state index in [2.05, 4.69) is 0 Å². The van der Waals surface area contributed by atoms with Crippen molar-refractivity contribution >= 4 is 27.3 Å². The van der Waals surface area contributed by atoms with Gasteiger partial charge in [0.25, 0.3) is 0 Å². The highest BCUT2D eigenvalue weighted by Gasteiger charge is 2.34. The quantitative estimate of drug-likeness (QED) is 0.863. The van der Waals surface area contributed by atoms with E-state index in [4.69, 9.17) is 15.1 Å². The smallest absolute Gasteiger partial charge is 0.347 e. The van der Waals surface area contributed by atoms with Gasteiger partial charge in [-0.15, -0.1) is 11.3 Å². The highest BCUT2D eigenvalue weighted by atomic mass is 32.2. The van der Waals surface area contributed by atoms with Crippen molar-refractivity contribution in [1.29, 1.82) is 5.26 Å². The van der Waals surface area contributed by atoms with E-state index in [1.54, 1.807) is 0 Å². The van der Waals surface area contributed by atoms with Crippen molar-refractivity contribution in [2.45, 2.75) is 11.0 Å². The Morgan fingerprint density at radius 1 is 1.63 bits per heavy atom. The molecule has 1 aromatic rings. The van der Waals surface area contributed by atoms with Gasteiger partial charge in [-0.1, -0.05) is 0 Å². The van der Waals surface area contributed by atoms with Crippen LogP contribution in [0.25, 0.3) is 0 Å². The Morgan fingerprint density at radius 3 is 3.00 bits per heavy atom. The van der Waals surface area contributed by atoms with Crippen molar-refractivity contribution in [1.82, 2.24) is 4.31 Å². The molecule has 1 unspecified atom stereocenters. The molecular weight excluding hydrogens is 292 g/mol. The van der Waals surface area contributed by atoms with Crippen LogP contribution in [0.15, 0.2) is 16.3 Å². The number of ether oxygens (including phenoxy) is 1. The van der Waals surface area contributed by atoms with E-state index in [0.29, 0.717) is 0 Å². The zero-order valence-corrected chi connectivity index (χ0v) is 11.3. The highest BCUT2D eigenvalue weighted by Crippen LogP contribution is 2.26. The van der Waals surface area contributed by atoms with Gasteiger partial charge in [-0.3, -0.25) is 0 Å². The van der Waals surface area contributed by atoms with Crippen molar-refractivity contribution in [3.63, 3.8) is 0 Å². The molecular formula is C10H10N2O5S2. The van der Waals surface area contributed by atoms with Gasteiger partial charge in [0.15, 0.2) is 6.10 Å². The Balaban J connectivity index is 2.35. The van der Waals surface area contributed by atoms with Crippen molar-refractivity contribution in [3.05, 3.63) is 16.3 Å². The molecule has 0 bridgehead atoms. The maximum absolute atomic E-state index is 12.3. The number of hydrogen-bond donors (Lipinski definition) is 1. The molecule has 0 aromatic carbocycles. The standard InChI is InChI=1S/C10H10N2O5S2/c11-5-7-6-12(2-3-17-7)19(15,16)8-1-4-18-9(8)10(13)14/h1,4,7H,2-3,6H2,(H,13,14). The molecule has 1 atom stereocenters. The van der Waals surface area contributed by atoms with E-state index < -0.39 is 22.1 Å². The van der Waals surface area contributed by atoms with Crippen LogP contribution in [0.3, 0.4) is 0 Å². The number of sulfonamides is 1. The lowest BCUT2D eigenvalue weighted by Gasteiger charge is -2.28. The largest absolute Gasteiger partial charge is 0.477 e. The third-order valence-corrected chi connectivity index (χ3v) is 5.55. The average Bonchev–Trinajstić information content (AvgIpc) is 2.89. The van der Waals surface area contributed by atoms with Gasteiger partial charge in [0.2, 0.25) is 10.0 Å². The lowest BCUT2D eigenvalue weighted by atomic mass is 10.3. The number of carboxylic acid groups (broad SMARTS) is 1. The van der Waals surface area contributed by atoms with Crippen molar-refractivity contribution in [3.8, 4) is 6.07 Å². The summed E-state index contributed by atoms with van der Waals surface area (Å²) >= 11 is 0.853. The lowest BCUT2D eigenvalue weighted by molar-refractivity contribution is 0.0311. The number of thiophene rings is 1. The normalized spacial score (nSPS) is 20.9. The number of rotatable bonds is 3. The molecule has 2 rings (SSSR count). The number of carboxylic acids is 1. The number of carbonyl (C=O) groups is 1. The molecule has 1 aromatic heterocycles. The zero-order valence-electron chi connectivity index (χ0n) is 9.64. The van der Waals surface area contributed by atoms with Crippen molar-refractivity contribution in [2.24, 2.45) is 0 Å². The Hall–Kier alpha value is -1.47. The molecule has 0 spiro atoms. The molecule has 2 heterocycles. The Morgan fingerprint density at radius 2 is 2.37 bits per heavy atom. The molecule has 0 aliphatic carbocycles. The van der Waals surface area contributed by atoms with Crippen LogP contribution in [0.5, 0.6) is 0 Å². The zero-order chi connectivity index (χ0) is 14.0. The fourth-order valence-corrected chi connectivity index (χ4v) is 4.38. The minimum atomic E-state index is -3.91. The molecule has 19 heavy (non-hydrogen) atoms. The number of aromatic carboxylic acids is 1. The third-order valence-electron chi connectivity index (χ3n) is 2.61. The second-order valence-corrected chi connectivity index (χ2v) is 6.59. The first kappa shape index (κ1) is 14.0. The fraction of sp³-hybridized carbons (Fsp3) is 0.400. The summed E-state index contributed by atoms with van der Waals surface area (Å²) in [5, 5.41) is 19.1. The molecule has 0 saturated carbocycles. The van der Waals surface area contributed by atoms with Gasteiger partial charge in [0.05, 0.1) is 19.2 Å². The number of nitrogens with zero attached hydrogens (tertiary/aromatic N) is 2. The molecule has 1 fully saturated rings. The molecule has 0 radical (unpaired) electrons. The predicted octanol–water partition coefficient (Wildman–Crippen LogP) is 0.359. The summed E-state index contributed by atoms with van der Waals surface area (Å²) in [6.45, 7) is 0.132. The van der Waals surface area contributed by atoms with Gasteiger partial charge in [-0.05, 0) is 11.4 Å². The topological polar surface area (TPSA) is 108 Å². The lowest BCUT2D eigenvalue weighted by Crippen LogP contribution is -2.45. The maximum Gasteiger partial charge on any atom is 0.347 e. The molecule has 7 nitrogen and oxygen atoms in total. The van der Waals surface area contributed by atoms with Gasteiger partial charge in [0.1, 0.15) is 9.77 Å². The first-order chi connectivity index (χ1) is 8.96. The molecule has 1 saturated heterocycles. The molecule has 0 amide bonds. The SMILES string of the molecule is N#CC1CN(S(=O)(=O)c2ccsc2C(=O)O)CCO1. The van der Waals surface area contributed by atoms with Crippen LogP contribution >= 0.6 is 11.3 Å². The summed E-state index contributed by atoms with van der Waals surface area (Å²) in [7, 11) is -3.91. The molecule has 1 aliphatic rings. The van der Waals surface area contributed by atoms with Crippen LogP contribution in [0.4, 0.5) is 0 Å². The Labute approximate surface area is 113 Å². The van der Waals surface area contributed by atoms with Crippen LogP contribution in [0.1, 0.15) is 9.67 Å². The summed E-state index contributed by atoms with van der Waals surface area (Å²) in [5.41, 5.74) is 0. The highest BCUT2D eigenvalue weighted by molar-refractivity contribution is 7.89. The third kappa shape index (κ3) is 2.62. The summed E-state index contributed by atoms with van der Waals surface area (Å²) in [5.74, 6) is -1.28. The molecule has 9 heteroatoms. The van der Waals surface area contributed by atoms with E-state index in [1.807, 2.05) is 6.07 Å². The molecule has 1 aliphatic heterocycles. The minimum absolute atomic E-state index is 0.0895. The van der Waals surface area contributed by atoms with Crippen molar-refractivity contribution in [2.75, 3.05) is 19.7 Å². The van der Waals surface area contributed by atoms with Gasteiger partial charge < -0.3 is 9.84 Å². The summed E-state index contributed by atoms with van der Waals surface area (Å²) in [4.78, 5) is 10.5. The van der Waals surface area contributed by atoms with Gasteiger partial charge >= 0.3 is 5.97 Å². The van der Waals surface area contributed by atoms with Crippen LogP contribution in [0.2, 0.25) is 0 Å². The Bertz CT molecular complexity index is 631. The predicted molar refractivity (Wildman–Crippen MR) is 65.4 cm³/mol. The van der Waals surface area contributed by atoms with Crippen LogP contribution in [-0.4, -0.2) is 49.6 Å². The van der Waals surface area contributed by atoms with E-state index in [1.165, 1.54) is 11.4 Å². The second kappa shape index (κ2) is 5.26. The van der Waals surface area contributed by atoms with E-state index in [9.17, 15) is 13.2 Å². The minimum Gasteiger partial charge on any atom is -0.477 e. The first-order valence-electron chi connectivity index (χ1n) is 5.29. The second-order valence-electron chi connectivity index (χ2n) is 3.77. The molecule has 102 valence electrons. The molecule has 1 N–H and O–H groups in total. The summed E-state index contributed by atoms with van der Waals surface area (Å²) < 4.78 is 30.8. The van der Waals surface area contributed by atoms with E-state index in [0.717, 1.165) is 15.6 Å². The maximum atomic E-state index is 12.3. The number of hydrogen-bond acceptors (Lipinski definition) is 6. The van der Waals surface area contributed by atoms with Gasteiger partial charge in [-0.2, -0.15) is 9.57 Å². The van der Waals surface area contributed by atoms with Crippen LogP contribution in [0, 0.1) is 11.3 Å². The van der Waals surface area contributed by atoms with Gasteiger partial charge in [-0.25, -0.2) is 13.2 Å².